The van der Waals surface area contributed by atoms with Crippen molar-refractivity contribution in [2.45, 2.75) is 116 Å². The first-order valence-corrected chi connectivity index (χ1v) is 21.7. The Morgan fingerprint density at radius 3 is 1.60 bits per heavy atom. The minimum Gasteiger partial charge on any atom is -0.462 e. The second-order valence-corrected chi connectivity index (χ2v) is 15.6. The maximum absolute atomic E-state index is 12.6. The van der Waals surface area contributed by atoms with Gasteiger partial charge in [-0.3, -0.25) is 18.6 Å². The van der Waals surface area contributed by atoms with Crippen LogP contribution in [0.5, 0.6) is 0 Å². The molecule has 0 aliphatic rings. The van der Waals surface area contributed by atoms with Crippen molar-refractivity contribution < 1.29 is 42.1 Å². The van der Waals surface area contributed by atoms with E-state index in [1.807, 2.05) is 94.1 Å². The lowest BCUT2D eigenvalue weighted by molar-refractivity contribution is -0.870. The van der Waals surface area contributed by atoms with Crippen molar-refractivity contribution in [1.29, 1.82) is 0 Å². The normalized spacial score (nSPS) is 14.8. The molecule has 0 aromatic rings. The predicted octanol–water partition coefficient (Wildman–Crippen LogP) is 11.2. The van der Waals surface area contributed by atoms with E-state index in [1.54, 1.807) is 0 Å². The van der Waals surface area contributed by atoms with Gasteiger partial charge in [0.25, 0.3) is 0 Å². The second-order valence-electron chi connectivity index (χ2n) is 14.1. The molecule has 0 aromatic carbocycles. The number of hydrogen-bond donors (Lipinski definition) is 1. The molecule has 0 radical (unpaired) electrons. The van der Waals surface area contributed by atoms with Crippen LogP contribution in [0.2, 0.25) is 0 Å². The van der Waals surface area contributed by atoms with Gasteiger partial charge in [0.2, 0.25) is 0 Å². The van der Waals surface area contributed by atoms with Crippen molar-refractivity contribution in [2.24, 2.45) is 0 Å². The van der Waals surface area contributed by atoms with Crippen molar-refractivity contribution >= 4 is 19.8 Å². The minimum atomic E-state index is -4.40. The van der Waals surface area contributed by atoms with Gasteiger partial charge in [-0.05, 0) is 51.4 Å². The summed E-state index contributed by atoms with van der Waals surface area (Å²) in [5.41, 5.74) is 0. The molecule has 0 bridgehead atoms. The van der Waals surface area contributed by atoms with Gasteiger partial charge in [0.1, 0.15) is 19.8 Å². The van der Waals surface area contributed by atoms with Gasteiger partial charge in [0.15, 0.2) is 6.10 Å². The molecule has 55 heavy (non-hydrogen) atoms. The Bertz CT molecular complexity index is 1300. The topological polar surface area (TPSA) is 108 Å². The lowest BCUT2D eigenvalue weighted by atomic mass is 10.1. The highest BCUT2D eigenvalue weighted by Gasteiger charge is 2.27. The third-order valence-electron chi connectivity index (χ3n) is 7.76. The van der Waals surface area contributed by atoms with E-state index < -0.39 is 32.5 Å². The number of unbranched alkanes of at least 4 members (excludes halogenated alkanes) is 9. The maximum atomic E-state index is 12.6. The summed E-state index contributed by atoms with van der Waals surface area (Å²) in [4.78, 5) is 35.2. The average molecular weight is 787 g/mol. The second kappa shape index (κ2) is 36.3. The van der Waals surface area contributed by atoms with Crippen molar-refractivity contribution in [1.82, 2.24) is 0 Å². The molecule has 0 fully saturated rings. The van der Waals surface area contributed by atoms with Gasteiger partial charge in [0.05, 0.1) is 27.7 Å². The summed E-state index contributed by atoms with van der Waals surface area (Å²) in [6.07, 6.45) is 48.6. The van der Waals surface area contributed by atoms with Crippen LogP contribution in [-0.4, -0.2) is 74.9 Å². The van der Waals surface area contributed by atoms with E-state index in [0.29, 0.717) is 30.3 Å². The molecule has 0 aliphatic heterocycles. The Morgan fingerprint density at radius 2 is 1.05 bits per heavy atom. The lowest BCUT2D eigenvalue weighted by Gasteiger charge is -2.24. The smallest absolute Gasteiger partial charge is 0.462 e. The monoisotopic (exact) mass is 787 g/mol. The predicted molar refractivity (Wildman–Crippen MR) is 228 cm³/mol. The highest BCUT2D eigenvalue weighted by atomic mass is 31.2. The van der Waals surface area contributed by atoms with E-state index >= 15 is 0 Å². The average Bonchev–Trinajstić information content (AvgIpc) is 3.13. The fourth-order valence-electron chi connectivity index (χ4n) is 4.58. The number of esters is 2. The molecule has 0 aromatic heterocycles. The number of likely N-dealkylation sites (N-methyl/N-ethyl adjacent to an activating group) is 1. The number of quaternary nitrogens is 1. The number of phosphoric ester groups is 1. The van der Waals surface area contributed by atoms with Crippen LogP contribution in [0, 0.1) is 0 Å². The van der Waals surface area contributed by atoms with Crippen molar-refractivity contribution in [3.05, 3.63) is 109 Å². The fourth-order valence-corrected chi connectivity index (χ4v) is 5.32. The first kappa shape index (κ1) is 51.7. The number of carbonyl (C=O) groups excluding carboxylic acids is 2. The van der Waals surface area contributed by atoms with E-state index in [9.17, 15) is 19.0 Å². The third-order valence-corrected chi connectivity index (χ3v) is 8.74. The summed E-state index contributed by atoms with van der Waals surface area (Å²) in [5, 5.41) is 0. The molecule has 0 spiro atoms. The molecular formula is C45H73NO8P+. The van der Waals surface area contributed by atoms with Gasteiger partial charge in [-0.15, -0.1) is 0 Å². The van der Waals surface area contributed by atoms with Crippen LogP contribution in [0.1, 0.15) is 110 Å². The highest BCUT2D eigenvalue weighted by molar-refractivity contribution is 7.47. The summed E-state index contributed by atoms with van der Waals surface area (Å²) in [6.45, 7) is 4.08. The third kappa shape index (κ3) is 40.2. The van der Waals surface area contributed by atoms with Crippen LogP contribution in [0.4, 0.5) is 0 Å². The Balaban J connectivity index is 4.58. The number of nitrogens with zero attached hydrogens (tertiary/aromatic N) is 1. The SMILES string of the molecule is CC/C=C/C=C/C=C/C=C/C=C/CCCC(=O)OC(COC(=O)CCCCCCC/C=C/C=C/C=C/C=C/CCCCC)COP(=O)(O)OCC[N+](C)(C)C. The highest BCUT2D eigenvalue weighted by Crippen LogP contribution is 2.43. The molecule has 0 rings (SSSR count). The van der Waals surface area contributed by atoms with Gasteiger partial charge >= 0.3 is 19.8 Å². The van der Waals surface area contributed by atoms with Gasteiger partial charge in [0, 0.05) is 12.8 Å². The van der Waals surface area contributed by atoms with Crippen molar-refractivity contribution in [3.8, 4) is 0 Å². The molecule has 1 N–H and O–H groups in total. The van der Waals surface area contributed by atoms with Crippen LogP contribution in [0.3, 0.4) is 0 Å². The Hall–Kier alpha value is -3.33. The molecule has 0 saturated carbocycles. The van der Waals surface area contributed by atoms with Gasteiger partial charge in [-0.1, -0.05) is 155 Å². The molecule has 2 atom stereocenters. The zero-order valence-corrected chi connectivity index (χ0v) is 35.5. The van der Waals surface area contributed by atoms with Crippen LogP contribution >= 0.6 is 7.82 Å². The number of ether oxygens (including phenoxy) is 2. The Labute approximate surface area is 334 Å². The molecule has 9 nitrogen and oxygen atoms in total. The van der Waals surface area contributed by atoms with E-state index in [1.165, 1.54) is 19.3 Å². The van der Waals surface area contributed by atoms with E-state index in [2.05, 4.69) is 50.3 Å². The standard InChI is InChI=1S/C45H72NO8P/c1-6-8-10-12-14-16-18-20-21-22-23-24-26-27-29-31-33-35-37-44(47)51-41-43(42-53-55(49,50)52-40-39-46(3,4)5)54-45(48)38-36-34-32-30-28-25-19-17-15-13-11-9-7-2/h9,11,13-25,28,30,32,43H,6-8,10,12,26-27,29,31,33-42H2,1-5H3/p+1/b11-9+,15-13+,16-14+,19-17+,20-18+,22-21+,24-23+,28-25+,32-30+. The van der Waals surface area contributed by atoms with Crippen molar-refractivity contribution in [3.63, 3.8) is 0 Å². The number of phosphoric acid groups is 1. The zero-order chi connectivity index (χ0) is 40.7. The molecule has 310 valence electrons. The zero-order valence-electron chi connectivity index (χ0n) is 34.6. The summed E-state index contributed by atoms with van der Waals surface area (Å²) >= 11 is 0. The largest absolute Gasteiger partial charge is 0.472 e. The molecule has 0 aliphatic carbocycles. The summed E-state index contributed by atoms with van der Waals surface area (Å²) in [5.74, 6) is -0.927. The molecule has 0 saturated heterocycles. The summed E-state index contributed by atoms with van der Waals surface area (Å²) < 4.78 is 34.1. The number of carbonyl (C=O) groups is 2. The first-order chi connectivity index (χ1) is 26.5. The van der Waals surface area contributed by atoms with E-state index in [-0.39, 0.29) is 26.1 Å². The molecule has 2 unspecified atom stereocenters. The van der Waals surface area contributed by atoms with Crippen molar-refractivity contribution in [2.75, 3.05) is 47.5 Å². The van der Waals surface area contributed by atoms with Gasteiger partial charge in [-0.2, -0.15) is 0 Å². The molecule has 0 amide bonds. The summed E-state index contributed by atoms with van der Waals surface area (Å²) in [6, 6.07) is 0. The van der Waals surface area contributed by atoms with Crippen LogP contribution in [0.15, 0.2) is 109 Å². The fraction of sp³-hybridized carbons (Fsp3) is 0.556. The van der Waals surface area contributed by atoms with Crippen LogP contribution in [-0.2, 0) is 32.7 Å². The lowest BCUT2D eigenvalue weighted by Crippen LogP contribution is -2.37. The van der Waals surface area contributed by atoms with Gasteiger partial charge in [-0.25, -0.2) is 4.57 Å². The van der Waals surface area contributed by atoms with Gasteiger partial charge < -0.3 is 18.9 Å². The molecular weight excluding hydrogens is 713 g/mol. The van der Waals surface area contributed by atoms with E-state index in [0.717, 1.165) is 44.9 Å². The quantitative estimate of drug-likeness (QED) is 0.0226. The number of rotatable bonds is 34. The Kier molecular flexibility index (Phi) is 34.1. The number of allylic oxidation sites excluding steroid dienone is 18. The first-order valence-electron chi connectivity index (χ1n) is 20.2. The number of hydrogen-bond acceptors (Lipinski definition) is 7. The Morgan fingerprint density at radius 1 is 0.582 bits per heavy atom. The van der Waals surface area contributed by atoms with E-state index in [4.69, 9.17) is 18.5 Å². The molecule has 10 heteroatoms. The maximum Gasteiger partial charge on any atom is 0.472 e. The minimum absolute atomic E-state index is 0.00678. The molecule has 0 heterocycles. The van der Waals surface area contributed by atoms with Crippen LogP contribution in [0.25, 0.3) is 0 Å². The van der Waals surface area contributed by atoms with Crippen LogP contribution < -0.4 is 0 Å². The summed E-state index contributed by atoms with van der Waals surface area (Å²) in [7, 11) is 1.39.